The van der Waals surface area contributed by atoms with Gasteiger partial charge in [-0.1, -0.05) is 29.8 Å². The van der Waals surface area contributed by atoms with E-state index >= 15 is 0 Å². The summed E-state index contributed by atoms with van der Waals surface area (Å²) in [5.74, 6) is 0.813. The van der Waals surface area contributed by atoms with Crippen molar-refractivity contribution in [3.63, 3.8) is 0 Å². The number of benzene rings is 2. The van der Waals surface area contributed by atoms with Gasteiger partial charge in [-0.15, -0.1) is 0 Å². The maximum atomic E-state index is 11.9. The largest absolute Gasteiger partial charge is 0.465 e. The van der Waals surface area contributed by atoms with Crippen molar-refractivity contribution in [3.05, 3.63) is 72.1 Å². The highest BCUT2D eigenvalue weighted by Gasteiger charge is 2.11. The van der Waals surface area contributed by atoms with Crippen LogP contribution in [0.4, 0.5) is 23.0 Å². The van der Waals surface area contributed by atoms with E-state index in [9.17, 15) is 4.79 Å². The van der Waals surface area contributed by atoms with Crippen molar-refractivity contribution in [2.45, 2.75) is 6.92 Å². The molecule has 2 aromatic carbocycles. The second-order valence-electron chi connectivity index (χ2n) is 5.44. The number of hydrogen-bond donors (Lipinski definition) is 2. The second kappa shape index (κ2) is 7.44. The van der Waals surface area contributed by atoms with E-state index in [1.54, 1.807) is 24.3 Å². The Morgan fingerprint density at radius 1 is 0.960 bits per heavy atom. The standard InChI is InChI=1S/C19H18N4O2/c1-13-7-9-14(10-8-13)22-17-11-18(21-12-20-17)23-16-6-4-3-5-15(16)19(24)25-2/h3-12H,1-2H3,(H2,20,21,22,23). The van der Waals surface area contributed by atoms with E-state index in [4.69, 9.17) is 4.74 Å². The summed E-state index contributed by atoms with van der Waals surface area (Å²) < 4.78 is 4.80. The third-order valence-corrected chi connectivity index (χ3v) is 3.59. The molecular formula is C19H18N4O2. The topological polar surface area (TPSA) is 76.1 Å². The van der Waals surface area contributed by atoms with Crippen LogP contribution in [0, 0.1) is 6.92 Å². The molecule has 0 aliphatic rings. The molecule has 0 saturated heterocycles. The molecule has 0 aliphatic carbocycles. The minimum absolute atomic E-state index is 0.407. The van der Waals surface area contributed by atoms with Crippen molar-refractivity contribution in [1.82, 2.24) is 9.97 Å². The van der Waals surface area contributed by atoms with Crippen molar-refractivity contribution in [2.24, 2.45) is 0 Å². The first-order chi connectivity index (χ1) is 12.2. The molecule has 0 fully saturated rings. The first kappa shape index (κ1) is 16.4. The van der Waals surface area contributed by atoms with Crippen molar-refractivity contribution < 1.29 is 9.53 Å². The fraction of sp³-hybridized carbons (Fsp3) is 0.105. The van der Waals surface area contributed by atoms with Gasteiger partial charge in [-0.25, -0.2) is 14.8 Å². The maximum Gasteiger partial charge on any atom is 0.339 e. The molecule has 2 N–H and O–H groups in total. The van der Waals surface area contributed by atoms with Gasteiger partial charge in [0.1, 0.15) is 18.0 Å². The van der Waals surface area contributed by atoms with Gasteiger partial charge >= 0.3 is 5.97 Å². The van der Waals surface area contributed by atoms with E-state index in [1.807, 2.05) is 37.3 Å². The number of rotatable bonds is 5. The molecule has 3 aromatic rings. The minimum Gasteiger partial charge on any atom is -0.465 e. The van der Waals surface area contributed by atoms with Crippen LogP contribution in [0.2, 0.25) is 0 Å². The molecule has 6 nitrogen and oxygen atoms in total. The molecule has 0 radical (unpaired) electrons. The van der Waals surface area contributed by atoms with Crippen molar-refractivity contribution in [2.75, 3.05) is 17.7 Å². The fourth-order valence-electron chi connectivity index (χ4n) is 2.30. The van der Waals surface area contributed by atoms with Crippen LogP contribution >= 0.6 is 0 Å². The van der Waals surface area contributed by atoms with E-state index < -0.39 is 5.97 Å². The molecule has 1 aromatic heterocycles. The van der Waals surface area contributed by atoms with Gasteiger partial charge in [0, 0.05) is 11.8 Å². The van der Waals surface area contributed by atoms with Crippen LogP contribution in [0.25, 0.3) is 0 Å². The Bertz CT molecular complexity index is 879. The van der Waals surface area contributed by atoms with Crippen LogP contribution in [-0.4, -0.2) is 23.0 Å². The number of anilines is 4. The van der Waals surface area contributed by atoms with Crippen molar-refractivity contribution in [1.29, 1.82) is 0 Å². The first-order valence-electron chi connectivity index (χ1n) is 7.76. The normalized spacial score (nSPS) is 10.2. The van der Waals surface area contributed by atoms with Crippen LogP contribution < -0.4 is 10.6 Å². The van der Waals surface area contributed by atoms with Crippen LogP contribution in [0.1, 0.15) is 15.9 Å². The summed E-state index contributed by atoms with van der Waals surface area (Å²) in [7, 11) is 1.35. The van der Waals surface area contributed by atoms with Gasteiger partial charge in [0.05, 0.1) is 18.4 Å². The van der Waals surface area contributed by atoms with Crippen LogP contribution in [0.5, 0.6) is 0 Å². The Morgan fingerprint density at radius 3 is 2.36 bits per heavy atom. The monoisotopic (exact) mass is 334 g/mol. The van der Waals surface area contributed by atoms with E-state index in [2.05, 4.69) is 20.6 Å². The Hall–Kier alpha value is -3.41. The molecule has 6 heteroatoms. The van der Waals surface area contributed by atoms with Crippen LogP contribution in [0.15, 0.2) is 60.9 Å². The number of esters is 1. The number of nitrogens with one attached hydrogen (secondary N) is 2. The van der Waals surface area contributed by atoms with E-state index in [0.717, 1.165) is 5.69 Å². The lowest BCUT2D eigenvalue weighted by Gasteiger charge is -2.11. The van der Waals surface area contributed by atoms with Gasteiger partial charge in [-0.3, -0.25) is 0 Å². The summed E-state index contributed by atoms with van der Waals surface area (Å²) in [5.41, 5.74) is 3.19. The van der Waals surface area contributed by atoms with Gasteiger partial charge in [-0.2, -0.15) is 0 Å². The molecule has 1 heterocycles. The van der Waals surface area contributed by atoms with Gasteiger partial charge in [0.25, 0.3) is 0 Å². The fourth-order valence-corrected chi connectivity index (χ4v) is 2.30. The summed E-state index contributed by atoms with van der Waals surface area (Å²) in [6, 6.07) is 16.9. The maximum absolute atomic E-state index is 11.9. The molecule has 0 saturated carbocycles. The third-order valence-electron chi connectivity index (χ3n) is 3.59. The molecule has 126 valence electrons. The average Bonchev–Trinajstić information content (AvgIpc) is 2.64. The predicted octanol–water partition coefficient (Wildman–Crippen LogP) is 4.06. The van der Waals surface area contributed by atoms with Crippen molar-refractivity contribution in [3.8, 4) is 0 Å². The van der Waals surface area contributed by atoms with E-state index in [1.165, 1.54) is 19.0 Å². The molecular weight excluding hydrogens is 316 g/mol. The Labute approximate surface area is 145 Å². The van der Waals surface area contributed by atoms with E-state index in [0.29, 0.717) is 22.9 Å². The number of carbonyl (C=O) groups excluding carboxylic acids is 1. The minimum atomic E-state index is -0.407. The highest BCUT2D eigenvalue weighted by molar-refractivity contribution is 5.96. The lowest BCUT2D eigenvalue weighted by Crippen LogP contribution is -2.06. The summed E-state index contributed by atoms with van der Waals surface area (Å²) >= 11 is 0. The third kappa shape index (κ3) is 4.11. The number of aromatic nitrogens is 2. The Kier molecular flexibility index (Phi) is 4.89. The molecule has 25 heavy (non-hydrogen) atoms. The molecule has 0 aliphatic heterocycles. The summed E-state index contributed by atoms with van der Waals surface area (Å²) in [4.78, 5) is 20.3. The molecule has 0 spiro atoms. The number of nitrogens with zero attached hydrogens (tertiary/aromatic N) is 2. The average molecular weight is 334 g/mol. The van der Waals surface area contributed by atoms with Gasteiger partial charge in [-0.05, 0) is 31.2 Å². The summed E-state index contributed by atoms with van der Waals surface area (Å²) in [5, 5.41) is 6.35. The molecule has 0 bridgehead atoms. The second-order valence-corrected chi connectivity index (χ2v) is 5.44. The predicted molar refractivity (Wildman–Crippen MR) is 97.6 cm³/mol. The highest BCUT2D eigenvalue weighted by atomic mass is 16.5. The number of para-hydroxylation sites is 1. The number of hydrogen-bond acceptors (Lipinski definition) is 6. The SMILES string of the molecule is COC(=O)c1ccccc1Nc1cc(Nc2ccc(C)cc2)ncn1. The molecule has 0 atom stereocenters. The van der Waals surface area contributed by atoms with Crippen LogP contribution in [-0.2, 0) is 4.74 Å². The van der Waals surface area contributed by atoms with Gasteiger partial charge < -0.3 is 15.4 Å². The highest BCUT2D eigenvalue weighted by Crippen LogP contribution is 2.22. The van der Waals surface area contributed by atoms with Gasteiger partial charge in [0.2, 0.25) is 0 Å². The number of carbonyl (C=O) groups is 1. The smallest absolute Gasteiger partial charge is 0.339 e. The first-order valence-corrected chi connectivity index (χ1v) is 7.76. The summed E-state index contributed by atoms with van der Waals surface area (Å²) in [6.07, 6.45) is 1.46. The van der Waals surface area contributed by atoms with E-state index in [-0.39, 0.29) is 0 Å². The quantitative estimate of drug-likeness (QED) is 0.685. The zero-order valence-electron chi connectivity index (χ0n) is 14.0. The zero-order chi connectivity index (χ0) is 17.6. The number of aryl methyl sites for hydroxylation is 1. The molecule has 0 amide bonds. The lowest BCUT2D eigenvalue weighted by molar-refractivity contribution is 0.0602. The zero-order valence-corrected chi connectivity index (χ0v) is 14.0. The Balaban J connectivity index is 1.81. The lowest BCUT2D eigenvalue weighted by atomic mass is 10.2. The number of methoxy groups -OCH3 is 1. The van der Waals surface area contributed by atoms with Crippen LogP contribution in [0.3, 0.4) is 0 Å². The molecule has 3 rings (SSSR count). The molecule has 0 unspecified atom stereocenters. The van der Waals surface area contributed by atoms with Gasteiger partial charge in [0.15, 0.2) is 0 Å². The number of ether oxygens (including phenoxy) is 1. The van der Waals surface area contributed by atoms with Crippen molar-refractivity contribution >= 4 is 29.0 Å². The Morgan fingerprint density at radius 2 is 1.64 bits per heavy atom. The summed E-state index contributed by atoms with van der Waals surface area (Å²) in [6.45, 7) is 2.04.